The fourth-order valence-electron chi connectivity index (χ4n) is 1.59. The van der Waals surface area contributed by atoms with Crippen LogP contribution in [-0.4, -0.2) is 0 Å². The largest absolute Gasteiger partial charge is 0.115 e. The molecule has 0 unspecified atom stereocenters. The first-order chi connectivity index (χ1) is 6.68. The van der Waals surface area contributed by atoms with Crippen LogP contribution in [-0.2, 0) is 4.87 Å². The molecule has 0 bridgehead atoms. The van der Waals surface area contributed by atoms with Crippen molar-refractivity contribution in [3.05, 3.63) is 31.8 Å². The molecule has 0 aliphatic rings. The molecule has 0 fully saturated rings. The van der Waals surface area contributed by atoms with E-state index in [0.717, 1.165) is 16.7 Å². The zero-order valence-electron chi connectivity index (χ0n) is 9.01. The van der Waals surface area contributed by atoms with E-state index in [0.29, 0.717) is 15.1 Å². The van der Waals surface area contributed by atoms with Crippen molar-refractivity contribution in [3.8, 4) is 0 Å². The van der Waals surface area contributed by atoms with Crippen LogP contribution in [0.4, 0.5) is 0 Å². The van der Waals surface area contributed by atoms with Crippen LogP contribution in [0.2, 0.25) is 15.1 Å². The smallest absolute Gasteiger partial charge is 0.0784 e. The third kappa shape index (κ3) is 2.39. The first-order valence-corrected chi connectivity index (χ1v) is 6.02. The lowest BCUT2D eigenvalue weighted by Gasteiger charge is -2.23. The summed E-state index contributed by atoms with van der Waals surface area (Å²) < 4.78 is 0. The molecule has 0 aliphatic heterocycles. The molecule has 1 aromatic carbocycles. The minimum Gasteiger partial charge on any atom is -0.115 e. The van der Waals surface area contributed by atoms with Gasteiger partial charge in [-0.2, -0.15) is 0 Å². The molecule has 0 amide bonds. The zero-order chi connectivity index (χ0) is 12.0. The minimum absolute atomic E-state index is 0.380. The van der Waals surface area contributed by atoms with E-state index in [9.17, 15) is 0 Å². The lowest BCUT2D eigenvalue weighted by molar-refractivity contribution is 0.757. The van der Waals surface area contributed by atoms with Gasteiger partial charge >= 0.3 is 0 Å². The third-order valence-corrected chi connectivity index (χ3v) is 4.08. The van der Waals surface area contributed by atoms with Crippen LogP contribution in [0.3, 0.4) is 0 Å². The summed E-state index contributed by atoms with van der Waals surface area (Å²) in [6, 6.07) is 0. The van der Waals surface area contributed by atoms with Gasteiger partial charge in [0.05, 0.1) is 19.9 Å². The average Bonchev–Trinajstić information content (AvgIpc) is 2.09. The minimum atomic E-state index is -0.555. The Labute approximate surface area is 110 Å². The molecule has 0 heterocycles. The predicted octanol–water partition coefficient (Wildman–Crippen LogP) is 5.74. The highest BCUT2D eigenvalue weighted by molar-refractivity contribution is 6.49. The molecule has 4 heteroatoms. The van der Waals surface area contributed by atoms with Crippen molar-refractivity contribution in [3.63, 3.8) is 0 Å². The molecule has 15 heavy (non-hydrogen) atoms. The van der Waals surface area contributed by atoms with Gasteiger partial charge in [0.25, 0.3) is 0 Å². The number of halogens is 4. The highest BCUT2D eigenvalue weighted by Crippen LogP contribution is 2.44. The Morgan fingerprint density at radius 1 is 0.800 bits per heavy atom. The van der Waals surface area contributed by atoms with E-state index < -0.39 is 4.87 Å². The van der Waals surface area contributed by atoms with Crippen LogP contribution >= 0.6 is 46.4 Å². The van der Waals surface area contributed by atoms with Crippen molar-refractivity contribution in [2.24, 2.45) is 0 Å². The monoisotopic (exact) mass is 284 g/mol. The highest BCUT2D eigenvalue weighted by Gasteiger charge is 2.26. The molecule has 0 N–H and O–H groups in total. The van der Waals surface area contributed by atoms with Crippen LogP contribution < -0.4 is 0 Å². The normalized spacial score (nSPS) is 12.0. The summed E-state index contributed by atoms with van der Waals surface area (Å²) in [4.78, 5) is -0.555. The number of benzene rings is 1. The molecule has 0 nitrogen and oxygen atoms in total. The van der Waals surface area contributed by atoms with Gasteiger partial charge in [0.1, 0.15) is 0 Å². The van der Waals surface area contributed by atoms with Gasteiger partial charge < -0.3 is 0 Å². The summed E-state index contributed by atoms with van der Waals surface area (Å²) in [7, 11) is 0. The van der Waals surface area contributed by atoms with Gasteiger partial charge in [0, 0.05) is 0 Å². The molecule has 0 spiro atoms. The van der Waals surface area contributed by atoms with Crippen LogP contribution in [0.25, 0.3) is 0 Å². The van der Waals surface area contributed by atoms with Crippen molar-refractivity contribution in [1.82, 2.24) is 0 Å². The predicted molar refractivity (Wildman–Crippen MR) is 69.8 cm³/mol. The Morgan fingerprint density at radius 2 is 1.27 bits per heavy atom. The van der Waals surface area contributed by atoms with Gasteiger partial charge in [-0.25, -0.2) is 0 Å². The van der Waals surface area contributed by atoms with Gasteiger partial charge in [0.2, 0.25) is 0 Å². The van der Waals surface area contributed by atoms with E-state index in [4.69, 9.17) is 46.4 Å². The van der Waals surface area contributed by atoms with Crippen LogP contribution in [0.15, 0.2) is 0 Å². The number of rotatable bonds is 1. The van der Waals surface area contributed by atoms with Crippen molar-refractivity contribution in [2.45, 2.75) is 32.6 Å². The van der Waals surface area contributed by atoms with E-state index in [1.807, 2.05) is 27.7 Å². The second kappa shape index (κ2) is 4.33. The quantitative estimate of drug-likeness (QED) is 0.456. The first-order valence-electron chi connectivity index (χ1n) is 4.51. The molecule has 0 aliphatic carbocycles. The van der Waals surface area contributed by atoms with Crippen LogP contribution in [0.5, 0.6) is 0 Å². The molecule has 0 aromatic heterocycles. The standard InChI is InChI=1S/C11H12Cl4/c1-5-6(2)8(12)10(14)9(13)7(5)11(3,4)15/h1-4H3. The van der Waals surface area contributed by atoms with Crippen molar-refractivity contribution < 1.29 is 0 Å². The number of hydrogen-bond acceptors (Lipinski definition) is 0. The van der Waals surface area contributed by atoms with Crippen molar-refractivity contribution >= 4 is 46.4 Å². The van der Waals surface area contributed by atoms with Gasteiger partial charge in [-0.3, -0.25) is 0 Å². The third-order valence-electron chi connectivity index (χ3n) is 2.47. The molecular formula is C11H12Cl4. The summed E-state index contributed by atoms with van der Waals surface area (Å²) in [5.41, 5.74) is 2.77. The SMILES string of the molecule is Cc1c(C)c(C(C)(C)Cl)c(Cl)c(Cl)c1Cl. The molecule has 1 rings (SSSR count). The Kier molecular flexibility index (Phi) is 3.88. The van der Waals surface area contributed by atoms with Gasteiger partial charge in [-0.05, 0) is 44.4 Å². The van der Waals surface area contributed by atoms with E-state index in [-0.39, 0.29) is 0 Å². The molecule has 0 saturated carbocycles. The Hall–Kier alpha value is 0.380. The molecule has 84 valence electrons. The fraction of sp³-hybridized carbons (Fsp3) is 0.455. The lowest BCUT2D eigenvalue weighted by atomic mass is 9.94. The maximum Gasteiger partial charge on any atom is 0.0784 e. The Morgan fingerprint density at radius 3 is 1.67 bits per heavy atom. The van der Waals surface area contributed by atoms with E-state index in [1.54, 1.807) is 0 Å². The van der Waals surface area contributed by atoms with Crippen LogP contribution in [0.1, 0.15) is 30.5 Å². The molecule has 0 saturated heterocycles. The Bertz CT molecular complexity index is 373. The van der Waals surface area contributed by atoms with Gasteiger partial charge in [-0.1, -0.05) is 34.8 Å². The summed E-state index contributed by atoms with van der Waals surface area (Å²) in [6.45, 7) is 7.62. The molecule has 1 aromatic rings. The molecule has 0 radical (unpaired) electrons. The van der Waals surface area contributed by atoms with Gasteiger partial charge in [-0.15, -0.1) is 11.6 Å². The number of alkyl halides is 1. The lowest BCUT2D eigenvalue weighted by Crippen LogP contribution is -2.12. The Balaban J connectivity index is 3.68. The van der Waals surface area contributed by atoms with Gasteiger partial charge in [0.15, 0.2) is 0 Å². The van der Waals surface area contributed by atoms with Crippen molar-refractivity contribution in [1.29, 1.82) is 0 Å². The second-order valence-electron chi connectivity index (χ2n) is 4.04. The van der Waals surface area contributed by atoms with E-state index in [2.05, 4.69) is 0 Å². The molecule has 0 atom stereocenters. The summed E-state index contributed by atoms with van der Waals surface area (Å²) in [5.74, 6) is 0. The summed E-state index contributed by atoms with van der Waals surface area (Å²) in [5, 5.41) is 1.33. The average molecular weight is 286 g/mol. The van der Waals surface area contributed by atoms with Crippen molar-refractivity contribution in [2.75, 3.05) is 0 Å². The maximum atomic E-state index is 6.28. The first kappa shape index (κ1) is 13.4. The highest BCUT2D eigenvalue weighted by atomic mass is 35.5. The maximum absolute atomic E-state index is 6.28. The van der Waals surface area contributed by atoms with E-state index in [1.165, 1.54) is 0 Å². The van der Waals surface area contributed by atoms with Crippen LogP contribution in [0, 0.1) is 13.8 Å². The topological polar surface area (TPSA) is 0 Å². The summed E-state index contributed by atoms with van der Waals surface area (Å²) >= 11 is 24.5. The number of hydrogen-bond donors (Lipinski definition) is 0. The molecular weight excluding hydrogens is 274 g/mol. The van der Waals surface area contributed by atoms with E-state index >= 15 is 0 Å². The second-order valence-corrected chi connectivity index (χ2v) is 6.12. The summed E-state index contributed by atoms with van der Waals surface area (Å²) in [6.07, 6.45) is 0. The fourth-order valence-corrected chi connectivity index (χ4v) is 2.87. The zero-order valence-corrected chi connectivity index (χ0v) is 12.0.